The Labute approximate surface area is 97.9 Å². The molecule has 0 atom stereocenters. The van der Waals surface area contributed by atoms with E-state index >= 15 is 0 Å². The van der Waals surface area contributed by atoms with Crippen molar-refractivity contribution >= 4 is 11.6 Å². The summed E-state index contributed by atoms with van der Waals surface area (Å²) >= 11 is 6.09. The van der Waals surface area contributed by atoms with Crippen LogP contribution in [0.5, 0.6) is 5.75 Å². The fourth-order valence-corrected chi connectivity index (χ4v) is 1.73. The second-order valence-corrected chi connectivity index (χ2v) is 3.64. The Bertz CT molecular complexity index is 496. The molecule has 1 heterocycles. The number of benzene rings is 1. The number of nitrogens with zero attached hydrogens (tertiary/aromatic N) is 1. The van der Waals surface area contributed by atoms with Gasteiger partial charge in [0.05, 0.1) is 36.2 Å². The molecule has 0 spiro atoms. The Balaban J connectivity index is 2.53. The molecule has 84 valence electrons. The molecule has 5 heteroatoms. The number of hydrogen-bond donors (Lipinski definition) is 2. The van der Waals surface area contributed by atoms with E-state index in [9.17, 15) is 0 Å². The summed E-state index contributed by atoms with van der Waals surface area (Å²) in [4.78, 5) is 7.12. The topological polar surface area (TPSA) is 58.1 Å². The summed E-state index contributed by atoms with van der Waals surface area (Å²) in [6.07, 6.45) is 1.57. The van der Waals surface area contributed by atoms with E-state index in [1.54, 1.807) is 25.4 Å². The molecule has 0 unspecified atom stereocenters. The van der Waals surface area contributed by atoms with Gasteiger partial charge in [-0.05, 0) is 12.1 Å². The quantitative estimate of drug-likeness (QED) is 0.862. The number of imidazole rings is 1. The Kier molecular flexibility index (Phi) is 3.12. The van der Waals surface area contributed by atoms with Crippen molar-refractivity contribution in [3.63, 3.8) is 0 Å². The molecular weight excluding hydrogens is 228 g/mol. The summed E-state index contributed by atoms with van der Waals surface area (Å²) in [5.74, 6) is 1.23. The van der Waals surface area contributed by atoms with Gasteiger partial charge in [0.25, 0.3) is 0 Å². The third-order valence-corrected chi connectivity index (χ3v) is 2.55. The maximum Gasteiger partial charge on any atom is 0.142 e. The van der Waals surface area contributed by atoms with E-state index in [2.05, 4.69) is 9.97 Å². The highest BCUT2D eigenvalue weighted by molar-refractivity contribution is 6.33. The standard InChI is InChI=1S/C11H11ClN2O2/c1-16-9-4-2-3-8(12)10(9)11-13-5-7(6-15)14-11/h2-5,15H,6H2,1H3,(H,13,14). The fourth-order valence-electron chi connectivity index (χ4n) is 1.47. The molecule has 0 saturated carbocycles. The summed E-state index contributed by atoms with van der Waals surface area (Å²) in [5, 5.41) is 9.51. The van der Waals surface area contributed by atoms with Crippen LogP contribution in [0.3, 0.4) is 0 Å². The number of methoxy groups -OCH3 is 1. The van der Waals surface area contributed by atoms with Crippen molar-refractivity contribution in [2.45, 2.75) is 6.61 Å². The van der Waals surface area contributed by atoms with Gasteiger partial charge in [0, 0.05) is 0 Å². The number of ether oxygens (including phenoxy) is 1. The first-order valence-corrected chi connectivity index (χ1v) is 5.11. The molecule has 2 aromatic rings. The molecule has 0 aliphatic carbocycles. The lowest BCUT2D eigenvalue weighted by molar-refractivity contribution is 0.277. The molecule has 1 aromatic carbocycles. The van der Waals surface area contributed by atoms with Crippen LogP contribution in [-0.4, -0.2) is 22.2 Å². The van der Waals surface area contributed by atoms with Gasteiger partial charge in [0.2, 0.25) is 0 Å². The monoisotopic (exact) mass is 238 g/mol. The van der Waals surface area contributed by atoms with Crippen molar-refractivity contribution in [3.8, 4) is 17.1 Å². The number of aliphatic hydroxyl groups excluding tert-OH is 1. The maximum absolute atomic E-state index is 8.96. The molecule has 4 nitrogen and oxygen atoms in total. The van der Waals surface area contributed by atoms with Crippen LogP contribution in [0.1, 0.15) is 5.69 Å². The summed E-state index contributed by atoms with van der Waals surface area (Å²) in [6.45, 7) is -0.0836. The van der Waals surface area contributed by atoms with E-state index in [1.807, 2.05) is 6.07 Å². The molecule has 2 rings (SSSR count). The zero-order valence-electron chi connectivity index (χ0n) is 8.70. The van der Waals surface area contributed by atoms with Gasteiger partial charge in [-0.3, -0.25) is 0 Å². The maximum atomic E-state index is 8.96. The van der Waals surface area contributed by atoms with E-state index < -0.39 is 0 Å². The number of halogens is 1. The Morgan fingerprint density at radius 3 is 2.94 bits per heavy atom. The van der Waals surface area contributed by atoms with Crippen molar-refractivity contribution in [1.29, 1.82) is 0 Å². The first-order chi connectivity index (χ1) is 7.76. The summed E-state index contributed by atoms with van der Waals surface area (Å²) in [6, 6.07) is 5.38. The van der Waals surface area contributed by atoms with Crippen molar-refractivity contribution in [3.05, 3.63) is 35.1 Å². The number of aromatic amines is 1. The average molecular weight is 239 g/mol. The number of rotatable bonds is 3. The SMILES string of the molecule is COc1cccc(Cl)c1-c1ncc(CO)[nH]1. The van der Waals surface area contributed by atoms with Crippen LogP contribution in [0.25, 0.3) is 11.4 Å². The highest BCUT2D eigenvalue weighted by Crippen LogP contribution is 2.34. The number of nitrogens with one attached hydrogen (secondary N) is 1. The normalized spacial score (nSPS) is 10.4. The van der Waals surface area contributed by atoms with E-state index in [0.29, 0.717) is 27.9 Å². The zero-order valence-corrected chi connectivity index (χ0v) is 9.45. The molecule has 0 aliphatic heterocycles. The Hall–Kier alpha value is -1.52. The van der Waals surface area contributed by atoms with Crippen LogP contribution in [-0.2, 0) is 6.61 Å². The van der Waals surface area contributed by atoms with Crippen LogP contribution in [0.4, 0.5) is 0 Å². The molecule has 2 N–H and O–H groups in total. The van der Waals surface area contributed by atoms with Gasteiger partial charge in [-0.1, -0.05) is 17.7 Å². The minimum atomic E-state index is -0.0836. The summed E-state index contributed by atoms with van der Waals surface area (Å²) in [5.41, 5.74) is 1.34. The Morgan fingerprint density at radius 1 is 1.50 bits per heavy atom. The number of H-pyrrole nitrogens is 1. The molecular formula is C11H11ClN2O2. The molecule has 0 aliphatic rings. The van der Waals surface area contributed by atoms with Gasteiger partial charge in [-0.15, -0.1) is 0 Å². The van der Waals surface area contributed by atoms with Crippen LogP contribution >= 0.6 is 11.6 Å². The highest BCUT2D eigenvalue weighted by Gasteiger charge is 2.13. The lowest BCUT2D eigenvalue weighted by Gasteiger charge is -2.07. The molecule has 0 radical (unpaired) electrons. The van der Waals surface area contributed by atoms with Gasteiger partial charge in [-0.25, -0.2) is 4.98 Å². The van der Waals surface area contributed by atoms with Gasteiger partial charge < -0.3 is 14.8 Å². The third kappa shape index (κ3) is 1.89. The molecule has 0 bridgehead atoms. The number of aromatic nitrogens is 2. The first kappa shape index (κ1) is 11.0. The van der Waals surface area contributed by atoms with Crippen molar-refractivity contribution in [2.24, 2.45) is 0 Å². The second-order valence-electron chi connectivity index (χ2n) is 3.23. The van der Waals surface area contributed by atoms with Crippen LogP contribution in [0.2, 0.25) is 5.02 Å². The predicted octanol–water partition coefficient (Wildman–Crippen LogP) is 2.23. The van der Waals surface area contributed by atoms with Crippen LogP contribution < -0.4 is 4.74 Å². The van der Waals surface area contributed by atoms with E-state index in [-0.39, 0.29) is 6.61 Å². The summed E-state index contributed by atoms with van der Waals surface area (Å²) in [7, 11) is 1.57. The van der Waals surface area contributed by atoms with Crippen molar-refractivity contribution in [1.82, 2.24) is 9.97 Å². The van der Waals surface area contributed by atoms with Crippen molar-refractivity contribution in [2.75, 3.05) is 7.11 Å². The number of aliphatic hydroxyl groups is 1. The molecule has 0 amide bonds. The van der Waals surface area contributed by atoms with Gasteiger partial charge >= 0.3 is 0 Å². The van der Waals surface area contributed by atoms with Gasteiger partial charge in [0.1, 0.15) is 11.6 Å². The van der Waals surface area contributed by atoms with E-state index in [4.69, 9.17) is 21.4 Å². The lowest BCUT2D eigenvalue weighted by atomic mass is 10.2. The lowest BCUT2D eigenvalue weighted by Crippen LogP contribution is -1.90. The van der Waals surface area contributed by atoms with Crippen LogP contribution in [0.15, 0.2) is 24.4 Å². The van der Waals surface area contributed by atoms with Gasteiger partial charge in [0.15, 0.2) is 0 Å². The molecule has 16 heavy (non-hydrogen) atoms. The van der Waals surface area contributed by atoms with Crippen molar-refractivity contribution < 1.29 is 9.84 Å². The molecule has 0 saturated heterocycles. The van der Waals surface area contributed by atoms with Gasteiger partial charge in [-0.2, -0.15) is 0 Å². The van der Waals surface area contributed by atoms with E-state index in [1.165, 1.54) is 0 Å². The summed E-state index contributed by atoms with van der Waals surface area (Å²) < 4.78 is 5.22. The zero-order chi connectivity index (χ0) is 11.5. The van der Waals surface area contributed by atoms with E-state index in [0.717, 1.165) is 0 Å². The smallest absolute Gasteiger partial charge is 0.142 e. The second kappa shape index (κ2) is 4.55. The first-order valence-electron chi connectivity index (χ1n) is 4.74. The third-order valence-electron chi connectivity index (χ3n) is 2.23. The minimum Gasteiger partial charge on any atom is -0.496 e. The fraction of sp³-hybridized carbons (Fsp3) is 0.182. The average Bonchev–Trinajstić information content (AvgIpc) is 2.76. The Morgan fingerprint density at radius 2 is 2.31 bits per heavy atom. The molecule has 1 aromatic heterocycles. The molecule has 0 fully saturated rings. The highest BCUT2D eigenvalue weighted by atomic mass is 35.5. The largest absolute Gasteiger partial charge is 0.496 e. The minimum absolute atomic E-state index is 0.0836. The number of hydrogen-bond acceptors (Lipinski definition) is 3. The van der Waals surface area contributed by atoms with Crippen LogP contribution in [0, 0.1) is 0 Å². The predicted molar refractivity (Wildman–Crippen MR) is 61.5 cm³/mol.